The highest BCUT2D eigenvalue weighted by Gasteiger charge is 2.53. The van der Waals surface area contributed by atoms with E-state index in [2.05, 4.69) is 45.9 Å². The molecule has 1 unspecified atom stereocenters. The van der Waals surface area contributed by atoms with Crippen LogP contribution in [0.3, 0.4) is 0 Å². The minimum Gasteiger partial charge on any atom is -0.399 e. The van der Waals surface area contributed by atoms with Crippen molar-refractivity contribution < 1.29 is 14.4 Å². The van der Waals surface area contributed by atoms with E-state index >= 15 is 0 Å². The van der Waals surface area contributed by atoms with Crippen LogP contribution in [-0.2, 0) is 9.31 Å². The lowest BCUT2D eigenvalue weighted by molar-refractivity contribution is 0.00578. The van der Waals surface area contributed by atoms with E-state index in [1.165, 1.54) is 19.3 Å². The Kier molecular flexibility index (Phi) is 5.43. The minimum absolute atomic E-state index is 0.294. The van der Waals surface area contributed by atoms with Crippen LogP contribution >= 0.6 is 0 Å². The maximum absolute atomic E-state index is 11.2. The fourth-order valence-corrected chi connectivity index (χ4v) is 3.74. The lowest BCUT2D eigenvalue weighted by Gasteiger charge is -2.32. The molecule has 0 bridgehead atoms. The molecule has 2 fully saturated rings. The summed E-state index contributed by atoms with van der Waals surface area (Å²) in [6, 6.07) is 10.1. The van der Waals surface area contributed by atoms with Crippen LogP contribution in [0.2, 0.25) is 0 Å². The second-order valence-electron chi connectivity index (χ2n) is 8.49. The number of hydrogen-bond acceptors (Lipinski definition) is 3. The molecule has 4 heteroatoms. The first kappa shape index (κ1) is 18.7. The highest BCUT2D eigenvalue weighted by molar-refractivity contribution is 6.56. The highest BCUT2D eigenvalue weighted by Crippen LogP contribution is 2.41. The van der Waals surface area contributed by atoms with Gasteiger partial charge in [0.1, 0.15) is 0 Å². The Morgan fingerprint density at radius 1 is 1.04 bits per heavy atom. The predicted octanol–water partition coefficient (Wildman–Crippen LogP) is 4.64. The first-order valence-corrected chi connectivity index (χ1v) is 9.60. The number of aliphatic hydroxyl groups is 1. The van der Waals surface area contributed by atoms with E-state index in [9.17, 15) is 5.11 Å². The Labute approximate surface area is 152 Å². The van der Waals surface area contributed by atoms with Crippen molar-refractivity contribution >= 4 is 13.2 Å². The van der Waals surface area contributed by atoms with Gasteiger partial charge in [-0.1, -0.05) is 55.7 Å². The molecule has 1 aliphatic heterocycles. The van der Waals surface area contributed by atoms with Gasteiger partial charge < -0.3 is 14.4 Å². The monoisotopic (exact) mass is 342 g/mol. The fraction of sp³-hybridized carbons (Fsp3) is 0.619. The topological polar surface area (TPSA) is 38.7 Å². The van der Waals surface area contributed by atoms with Gasteiger partial charge in [0, 0.05) is 0 Å². The fourth-order valence-electron chi connectivity index (χ4n) is 3.74. The van der Waals surface area contributed by atoms with Gasteiger partial charge in [0.05, 0.1) is 17.3 Å². The van der Waals surface area contributed by atoms with E-state index in [4.69, 9.17) is 9.31 Å². The van der Waals surface area contributed by atoms with Crippen molar-refractivity contribution in [3.8, 4) is 0 Å². The quantitative estimate of drug-likeness (QED) is 0.810. The zero-order chi connectivity index (χ0) is 18.1. The molecule has 0 spiro atoms. The van der Waals surface area contributed by atoms with Crippen LogP contribution in [0.25, 0.3) is 6.08 Å². The molecule has 1 atom stereocenters. The molecular weight excluding hydrogens is 311 g/mol. The maximum Gasteiger partial charge on any atom is 0.493 e. The zero-order valence-electron chi connectivity index (χ0n) is 16.0. The van der Waals surface area contributed by atoms with Crippen molar-refractivity contribution in [3.05, 3.63) is 41.4 Å². The largest absolute Gasteiger partial charge is 0.493 e. The van der Waals surface area contributed by atoms with Crippen LogP contribution in [0.1, 0.15) is 65.4 Å². The lowest BCUT2D eigenvalue weighted by atomic mass is 9.68. The molecule has 1 heterocycles. The zero-order valence-corrected chi connectivity index (χ0v) is 16.0. The predicted molar refractivity (Wildman–Crippen MR) is 103 cm³/mol. The summed E-state index contributed by atoms with van der Waals surface area (Å²) < 4.78 is 12.5. The Morgan fingerprint density at radius 2 is 1.60 bits per heavy atom. The molecule has 1 aromatic carbocycles. The molecule has 0 radical (unpaired) electrons. The molecule has 1 saturated heterocycles. The van der Waals surface area contributed by atoms with E-state index in [1.807, 2.05) is 18.2 Å². The summed E-state index contributed by atoms with van der Waals surface area (Å²) in [5, 5.41) is 11.2. The van der Waals surface area contributed by atoms with Crippen molar-refractivity contribution in [2.24, 2.45) is 5.92 Å². The number of benzene rings is 1. The first-order chi connectivity index (χ1) is 11.8. The molecule has 1 aromatic rings. The van der Waals surface area contributed by atoms with Gasteiger partial charge in [0.2, 0.25) is 0 Å². The van der Waals surface area contributed by atoms with Crippen LogP contribution in [0.15, 0.2) is 35.8 Å². The van der Waals surface area contributed by atoms with Gasteiger partial charge in [0.15, 0.2) is 0 Å². The smallest absolute Gasteiger partial charge is 0.399 e. The molecule has 136 valence electrons. The number of rotatable bonds is 4. The number of hydrogen-bond donors (Lipinski definition) is 1. The van der Waals surface area contributed by atoms with Gasteiger partial charge >= 0.3 is 7.12 Å². The second kappa shape index (κ2) is 7.26. The standard InChI is InChI=1S/C21H31BO3/c1-20(2)21(3,4)25-22(24-20)18(15-16-11-7-5-8-12-16)19(23)17-13-9-6-10-14-17/h5,7-8,11-12,15,17,19,23H,6,9-10,13-14H2,1-4H3/b18-15-. The molecule has 1 N–H and O–H groups in total. The highest BCUT2D eigenvalue weighted by atomic mass is 16.7. The summed E-state index contributed by atoms with van der Waals surface area (Å²) in [5.74, 6) is 0.294. The Bertz CT molecular complexity index is 587. The third-order valence-corrected chi connectivity index (χ3v) is 6.10. The lowest BCUT2D eigenvalue weighted by Crippen LogP contribution is -2.41. The first-order valence-electron chi connectivity index (χ1n) is 9.60. The molecule has 2 aliphatic rings. The van der Waals surface area contributed by atoms with Crippen LogP contribution in [0.4, 0.5) is 0 Å². The van der Waals surface area contributed by atoms with Gasteiger partial charge in [-0.3, -0.25) is 0 Å². The summed E-state index contributed by atoms with van der Waals surface area (Å²) >= 11 is 0. The third kappa shape index (κ3) is 4.02. The summed E-state index contributed by atoms with van der Waals surface area (Å²) in [4.78, 5) is 0. The van der Waals surface area contributed by atoms with Gasteiger partial charge in [-0.15, -0.1) is 0 Å². The van der Waals surface area contributed by atoms with Crippen LogP contribution in [-0.4, -0.2) is 29.5 Å². The molecule has 3 nitrogen and oxygen atoms in total. The van der Waals surface area contributed by atoms with Gasteiger partial charge in [-0.2, -0.15) is 0 Å². The van der Waals surface area contributed by atoms with E-state index in [0.29, 0.717) is 5.92 Å². The SMILES string of the molecule is CC1(C)OB(/C(=C\c2ccccc2)C(O)C2CCCCC2)OC1(C)C. The summed E-state index contributed by atoms with van der Waals surface area (Å²) in [6.07, 6.45) is 7.36. The molecule has 0 amide bonds. The Hall–Kier alpha value is -1.10. The van der Waals surface area contributed by atoms with Crippen LogP contribution < -0.4 is 0 Å². The molecular formula is C21H31BO3. The molecule has 1 saturated carbocycles. The second-order valence-corrected chi connectivity index (χ2v) is 8.49. The van der Waals surface area contributed by atoms with E-state index in [0.717, 1.165) is 23.9 Å². The molecule has 3 rings (SSSR count). The van der Waals surface area contributed by atoms with Gasteiger partial charge in [-0.25, -0.2) is 0 Å². The van der Waals surface area contributed by atoms with Crippen molar-refractivity contribution in [2.75, 3.05) is 0 Å². The maximum atomic E-state index is 11.2. The number of aliphatic hydroxyl groups excluding tert-OH is 1. The Morgan fingerprint density at radius 3 is 2.16 bits per heavy atom. The van der Waals surface area contributed by atoms with E-state index < -0.39 is 24.4 Å². The minimum atomic E-state index is -0.518. The summed E-state index contributed by atoms with van der Waals surface area (Å²) in [7, 11) is -0.498. The summed E-state index contributed by atoms with van der Waals surface area (Å²) in [5.41, 5.74) is 1.12. The van der Waals surface area contributed by atoms with Crippen LogP contribution in [0.5, 0.6) is 0 Å². The average Bonchev–Trinajstić information content (AvgIpc) is 2.81. The van der Waals surface area contributed by atoms with Gasteiger partial charge in [0.25, 0.3) is 0 Å². The van der Waals surface area contributed by atoms with Crippen molar-refractivity contribution in [3.63, 3.8) is 0 Å². The van der Waals surface area contributed by atoms with E-state index in [1.54, 1.807) is 0 Å². The average molecular weight is 342 g/mol. The Balaban J connectivity index is 1.91. The normalized spacial score (nSPS) is 25.2. The molecule has 0 aromatic heterocycles. The van der Waals surface area contributed by atoms with Crippen molar-refractivity contribution in [1.29, 1.82) is 0 Å². The van der Waals surface area contributed by atoms with E-state index in [-0.39, 0.29) is 0 Å². The van der Waals surface area contributed by atoms with Gasteiger partial charge in [-0.05, 0) is 57.5 Å². The van der Waals surface area contributed by atoms with Crippen molar-refractivity contribution in [1.82, 2.24) is 0 Å². The van der Waals surface area contributed by atoms with Crippen molar-refractivity contribution in [2.45, 2.75) is 77.1 Å². The molecule has 1 aliphatic carbocycles. The summed E-state index contributed by atoms with van der Waals surface area (Å²) in [6.45, 7) is 8.22. The molecule has 25 heavy (non-hydrogen) atoms. The van der Waals surface area contributed by atoms with Crippen LogP contribution in [0, 0.1) is 5.92 Å². The third-order valence-electron chi connectivity index (χ3n) is 6.10.